The number of nitrogens with zero attached hydrogens (tertiary/aromatic N) is 2. The third-order valence-corrected chi connectivity index (χ3v) is 3.18. The zero-order valence-electron chi connectivity index (χ0n) is 12.6. The number of carbonyl (C=O) groups is 1. The van der Waals surface area contributed by atoms with Gasteiger partial charge in [0.1, 0.15) is 11.3 Å². The monoisotopic (exact) mass is 249 g/mol. The average molecular weight is 249 g/mol. The Balaban J connectivity index is 2.06. The van der Waals surface area contributed by atoms with Gasteiger partial charge < -0.3 is 14.4 Å². The van der Waals surface area contributed by atoms with Gasteiger partial charge in [-0.3, -0.25) is 0 Å². The predicted molar refractivity (Wildman–Crippen MR) is 66.0 cm³/mol. The molecule has 2 aromatic rings. The molecule has 94 valence electrons. The third kappa shape index (κ3) is 1.81. The Morgan fingerprint density at radius 3 is 3.17 bits per heavy atom. The van der Waals surface area contributed by atoms with Crippen LogP contribution in [-0.2, 0) is 6.54 Å². The molecule has 3 rings (SSSR count). The molecule has 1 aliphatic carbocycles. The number of fused-ring (bicyclic) bond motifs is 1. The first-order chi connectivity index (χ1) is 9.83. The zero-order chi connectivity index (χ0) is 15.2. The number of aromatic carboxylic acids is 1. The third-order valence-electron chi connectivity index (χ3n) is 3.18. The molecule has 0 saturated heterocycles. The summed E-state index contributed by atoms with van der Waals surface area (Å²) in [7, 11) is -2.58. The van der Waals surface area contributed by atoms with Crippen LogP contribution in [0, 0.1) is 5.92 Å². The lowest BCUT2D eigenvalue weighted by molar-refractivity contribution is 0.0685. The Labute approximate surface area is 108 Å². The summed E-state index contributed by atoms with van der Waals surface area (Å²) in [6.45, 7) is 0.579. The molecule has 1 N–H and O–H groups in total. The molecule has 5 nitrogen and oxygen atoms in total. The van der Waals surface area contributed by atoms with Crippen molar-refractivity contribution in [2.45, 2.75) is 19.4 Å². The first-order valence-electron chi connectivity index (χ1n) is 7.26. The Morgan fingerprint density at radius 2 is 2.50 bits per heavy atom. The molecule has 0 bridgehead atoms. The quantitative estimate of drug-likeness (QED) is 0.901. The van der Waals surface area contributed by atoms with Crippen LogP contribution in [0.25, 0.3) is 11.0 Å². The topological polar surface area (TPSA) is 64.3 Å². The summed E-state index contributed by atoms with van der Waals surface area (Å²) in [5.74, 6) is -0.589. The minimum Gasteiger partial charge on any atom is -0.481 e. The molecular weight excluding hydrogens is 232 g/mol. The van der Waals surface area contributed by atoms with Gasteiger partial charge in [0.2, 0.25) is 5.88 Å². The number of carboxylic acids is 1. The second-order valence-corrected chi connectivity index (χ2v) is 4.55. The van der Waals surface area contributed by atoms with Crippen LogP contribution in [0.15, 0.2) is 18.2 Å². The Bertz CT molecular complexity index is 704. The molecule has 5 heteroatoms. The molecule has 0 aromatic carbocycles. The van der Waals surface area contributed by atoms with Crippen molar-refractivity contribution in [3.63, 3.8) is 0 Å². The summed E-state index contributed by atoms with van der Waals surface area (Å²) in [5, 5.41) is 9.94. The van der Waals surface area contributed by atoms with E-state index >= 15 is 0 Å². The van der Waals surface area contributed by atoms with E-state index in [0.717, 1.165) is 12.8 Å². The van der Waals surface area contributed by atoms with Crippen LogP contribution >= 0.6 is 0 Å². The fourth-order valence-electron chi connectivity index (χ4n) is 2.09. The summed E-state index contributed by atoms with van der Waals surface area (Å²) >= 11 is 0. The number of methoxy groups -OCH3 is 1. The highest BCUT2D eigenvalue weighted by Crippen LogP contribution is 2.33. The molecule has 2 aromatic heterocycles. The summed E-state index contributed by atoms with van der Waals surface area (Å²) < 4.78 is 27.7. The molecule has 1 saturated carbocycles. The molecule has 0 aliphatic heterocycles. The van der Waals surface area contributed by atoms with Crippen LogP contribution in [0.3, 0.4) is 0 Å². The molecule has 18 heavy (non-hydrogen) atoms. The molecule has 0 amide bonds. The van der Waals surface area contributed by atoms with Crippen molar-refractivity contribution in [1.82, 2.24) is 9.55 Å². The van der Waals surface area contributed by atoms with E-state index in [4.69, 9.17) is 8.85 Å². The molecule has 0 atom stereocenters. The van der Waals surface area contributed by atoms with Crippen LogP contribution in [0.1, 0.15) is 27.4 Å². The molecule has 2 heterocycles. The van der Waals surface area contributed by atoms with E-state index in [-0.39, 0.29) is 11.6 Å². The fourth-order valence-corrected chi connectivity index (χ4v) is 2.09. The standard InChI is InChI=1S/C13H14N2O3/c1-18-11-5-4-9-6-10(13(16)17)15(12(9)14-11)7-8-2-3-8/h4-6,8H,2-3,7H2,1H3,(H,16,17)/i1D3. The van der Waals surface area contributed by atoms with Gasteiger partial charge in [0, 0.05) is 18.0 Å². The second kappa shape index (κ2) is 4.01. The lowest BCUT2D eigenvalue weighted by Gasteiger charge is -2.07. The largest absolute Gasteiger partial charge is 0.481 e. The number of pyridine rings is 1. The Kier molecular flexibility index (Phi) is 1.81. The van der Waals surface area contributed by atoms with Crippen LogP contribution in [0.4, 0.5) is 0 Å². The smallest absolute Gasteiger partial charge is 0.352 e. The maximum Gasteiger partial charge on any atom is 0.352 e. The van der Waals surface area contributed by atoms with E-state index in [9.17, 15) is 9.90 Å². The first kappa shape index (κ1) is 8.13. The highest BCUT2D eigenvalue weighted by molar-refractivity contribution is 5.93. The molecular formula is C13H14N2O3. The molecule has 0 radical (unpaired) electrons. The summed E-state index contributed by atoms with van der Waals surface area (Å²) in [5.41, 5.74) is 0.608. The van der Waals surface area contributed by atoms with Gasteiger partial charge in [-0.1, -0.05) is 0 Å². The van der Waals surface area contributed by atoms with Gasteiger partial charge in [0.25, 0.3) is 0 Å². The molecule has 1 fully saturated rings. The normalized spacial score (nSPS) is 18.1. The average Bonchev–Trinajstić information content (AvgIpc) is 3.09. The van der Waals surface area contributed by atoms with Crippen molar-refractivity contribution in [3.05, 3.63) is 23.9 Å². The Hall–Kier alpha value is -2.04. The van der Waals surface area contributed by atoms with E-state index in [0.29, 0.717) is 23.5 Å². The number of aromatic nitrogens is 2. The van der Waals surface area contributed by atoms with Crippen molar-refractivity contribution in [2.75, 3.05) is 7.04 Å². The minimum atomic E-state index is -2.58. The van der Waals surface area contributed by atoms with Crippen molar-refractivity contribution >= 4 is 17.0 Å². The maximum absolute atomic E-state index is 11.3. The van der Waals surface area contributed by atoms with Crippen molar-refractivity contribution in [1.29, 1.82) is 0 Å². The number of hydrogen-bond donors (Lipinski definition) is 1. The van der Waals surface area contributed by atoms with Crippen LogP contribution < -0.4 is 4.74 Å². The Morgan fingerprint density at radius 1 is 1.67 bits per heavy atom. The second-order valence-electron chi connectivity index (χ2n) is 4.55. The van der Waals surface area contributed by atoms with Gasteiger partial charge in [-0.05, 0) is 30.9 Å². The number of rotatable bonds is 4. The molecule has 1 aliphatic rings. The van der Waals surface area contributed by atoms with E-state index < -0.39 is 13.0 Å². The van der Waals surface area contributed by atoms with Gasteiger partial charge >= 0.3 is 5.97 Å². The summed E-state index contributed by atoms with van der Waals surface area (Å²) in [6, 6.07) is 4.60. The van der Waals surface area contributed by atoms with Crippen molar-refractivity contribution in [2.24, 2.45) is 5.92 Å². The van der Waals surface area contributed by atoms with Crippen LogP contribution in [0.5, 0.6) is 5.88 Å². The first-order valence-corrected chi connectivity index (χ1v) is 5.76. The zero-order valence-corrected chi connectivity index (χ0v) is 9.59. The van der Waals surface area contributed by atoms with Crippen molar-refractivity contribution in [3.8, 4) is 5.88 Å². The van der Waals surface area contributed by atoms with Gasteiger partial charge in [0.15, 0.2) is 0 Å². The van der Waals surface area contributed by atoms with E-state index in [1.165, 1.54) is 6.07 Å². The lowest BCUT2D eigenvalue weighted by Crippen LogP contribution is -2.10. The minimum absolute atomic E-state index is 0.0328. The summed E-state index contributed by atoms with van der Waals surface area (Å²) in [4.78, 5) is 15.5. The highest BCUT2D eigenvalue weighted by Gasteiger charge is 2.25. The van der Waals surface area contributed by atoms with Gasteiger partial charge in [-0.2, -0.15) is 4.98 Å². The SMILES string of the molecule is [2H]C([2H])([2H])Oc1ccc2cc(C(=O)O)n(CC3CC3)c2n1. The number of ether oxygens (including phenoxy) is 1. The van der Waals surface area contributed by atoms with Gasteiger partial charge in [0.05, 0.1) is 11.2 Å². The summed E-state index contributed by atoms with van der Waals surface area (Å²) in [6.07, 6.45) is 2.15. The van der Waals surface area contributed by atoms with E-state index in [1.54, 1.807) is 16.7 Å². The maximum atomic E-state index is 11.3. The highest BCUT2D eigenvalue weighted by atomic mass is 16.5. The predicted octanol–water partition coefficient (Wildman–Crippen LogP) is 2.15. The van der Waals surface area contributed by atoms with E-state index in [2.05, 4.69) is 4.98 Å². The van der Waals surface area contributed by atoms with Crippen LogP contribution in [-0.4, -0.2) is 27.7 Å². The fraction of sp³-hybridized carbons (Fsp3) is 0.385. The van der Waals surface area contributed by atoms with Gasteiger partial charge in [-0.15, -0.1) is 0 Å². The van der Waals surface area contributed by atoms with Crippen molar-refractivity contribution < 1.29 is 18.8 Å². The molecule has 0 spiro atoms. The number of carboxylic acid groups (broad SMARTS) is 1. The van der Waals surface area contributed by atoms with E-state index in [1.807, 2.05) is 0 Å². The van der Waals surface area contributed by atoms with Gasteiger partial charge in [-0.25, -0.2) is 4.79 Å². The lowest BCUT2D eigenvalue weighted by atomic mass is 10.3. The number of hydrogen-bond acceptors (Lipinski definition) is 3. The molecule has 0 unspecified atom stereocenters. The van der Waals surface area contributed by atoms with Crippen LogP contribution in [0.2, 0.25) is 0 Å².